The van der Waals surface area contributed by atoms with E-state index >= 15 is 0 Å². The maximum absolute atomic E-state index is 11.1. The first-order valence-corrected chi connectivity index (χ1v) is 6.36. The van der Waals surface area contributed by atoms with Crippen LogP contribution in [0.1, 0.15) is 28.8 Å². The van der Waals surface area contributed by atoms with Crippen LogP contribution in [0.5, 0.6) is 0 Å². The second kappa shape index (κ2) is 5.40. The van der Waals surface area contributed by atoms with Crippen molar-refractivity contribution in [1.82, 2.24) is 4.90 Å². The summed E-state index contributed by atoms with van der Waals surface area (Å²) in [5.41, 5.74) is 2.15. The van der Waals surface area contributed by atoms with Gasteiger partial charge >= 0.3 is 5.97 Å². The van der Waals surface area contributed by atoms with E-state index < -0.39 is 5.97 Å². The average molecular weight is 248 g/mol. The molecule has 0 radical (unpaired) electrons. The topological polar surface area (TPSA) is 52.6 Å². The van der Waals surface area contributed by atoms with Crippen LogP contribution in [0.15, 0.2) is 18.2 Å². The summed E-state index contributed by atoms with van der Waals surface area (Å²) >= 11 is 0. The highest BCUT2D eigenvalue weighted by Crippen LogP contribution is 2.22. The molecule has 0 saturated carbocycles. The van der Waals surface area contributed by atoms with Crippen LogP contribution in [0, 0.1) is 6.92 Å². The van der Waals surface area contributed by atoms with Gasteiger partial charge in [-0.1, -0.05) is 6.07 Å². The van der Waals surface area contributed by atoms with Crippen LogP contribution in [0.3, 0.4) is 0 Å². The number of nitrogens with zero attached hydrogens (tertiary/aromatic N) is 1. The average Bonchev–Trinajstić information content (AvgIpc) is 2.34. The number of nitrogens with one attached hydrogen (secondary N) is 1. The molecule has 2 N–H and O–H groups in total. The Labute approximate surface area is 108 Å². The Morgan fingerprint density at radius 3 is 2.67 bits per heavy atom. The number of hydrogen-bond donors (Lipinski definition) is 2. The van der Waals surface area contributed by atoms with Gasteiger partial charge in [-0.05, 0) is 57.6 Å². The van der Waals surface area contributed by atoms with Crippen LogP contribution in [0.4, 0.5) is 5.69 Å². The zero-order valence-corrected chi connectivity index (χ0v) is 10.9. The number of piperidine rings is 1. The van der Waals surface area contributed by atoms with Gasteiger partial charge < -0.3 is 15.3 Å². The third-order valence-electron chi connectivity index (χ3n) is 3.64. The van der Waals surface area contributed by atoms with E-state index in [1.54, 1.807) is 12.1 Å². The predicted molar refractivity (Wildman–Crippen MR) is 72.3 cm³/mol. The lowest BCUT2D eigenvalue weighted by Crippen LogP contribution is -2.36. The number of likely N-dealkylation sites (tertiary alicyclic amines) is 1. The fourth-order valence-corrected chi connectivity index (χ4v) is 2.40. The molecule has 0 atom stereocenters. The minimum Gasteiger partial charge on any atom is -0.478 e. The molecule has 4 heteroatoms. The molecule has 0 aromatic heterocycles. The number of carbonyl (C=O) groups is 1. The van der Waals surface area contributed by atoms with Gasteiger partial charge in [0.05, 0.1) is 5.56 Å². The Balaban J connectivity index is 2.10. The molecule has 0 unspecified atom stereocenters. The monoisotopic (exact) mass is 248 g/mol. The molecule has 1 aliphatic rings. The van der Waals surface area contributed by atoms with E-state index in [0.29, 0.717) is 11.6 Å². The van der Waals surface area contributed by atoms with Crippen LogP contribution in [-0.2, 0) is 0 Å². The van der Waals surface area contributed by atoms with Gasteiger partial charge in [0.25, 0.3) is 0 Å². The number of aromatic carboxylic acids is 1. The molecule has 1 aromatic rings. The fraction of sp³-hybridized carbons (Fsp3) is 0.500. The van der Waals surface area contributed by atoms with Gasteiger partial charge in [-0.15, -0.1) is 0 Å². The first kappa shape index (κ1) is 12.9. The van der Waals surface area contributed by atoms with Crippen LogP contribution < -0.4 is 5.32 Å². The van der Waals surface area contributed by atoms with Gasteiger partial charge in [0.2, 0.25) is 0 Å². The zero-order valence-electron chi connectivity index (χ0n) is 10.9. The van der Waals surface area contributed by atoms with Gasteiger partial charge in [-0.3, -0.25) is 0 Å². The van der Waals surface area contributed by atoms with Crippen molar-refractivity contribution in [2.24, 2.45) is 0 Å². The standard InChI is InChI=1S/C14H20N2O2/c1-10-12(14(17)18)4-3-5-13(10)15-11-6-8-16(2)9-7-11/h3-5,11,15H,6-9H2,1-2H3,(H,17,18). The summed E-state index contributed by atoms with van der Waals surface area (Å²) in [6, 6.07) is 5.86. The summed E-state index contributed by atoms with van der Waals surface area (Å²) in [6.07, 6.45) is 2.21. The van der Waals surface area contributed by atoms with Crippen molar-refractivity contribution in [1.29, 1.82) is 0 Å². The van der Waals surface area contributed by atoms with Gasteiger partial charge in [0.15, 0.2) is 0 Å². The van der Waals surface area contributed by atoms with Crippen molar-refractivity contribution in [3.63, 3.8) is 0 Å². The molecule has 18 heavy (non-hydrogen) atoms. The molecule has 0 spiro atoms. The molecular weight excluding hydrogens is 228 g/mol. The van der Waals surface area contributed by atoms with Crippen LogP contribution >= 0.6 is 0 Å². The van der Waals surface area contributed by atoms with Crippen molar-refractivity contribution in [2.75, 3.05) is 25.5 Å². The lowest BCUT2D eigenvalue weighted by Gasteiger charge is -2.30. The summed E-state index contributed by atoms with van der Waals surface area (Å²) in [5.74, 6) is -0.862. The Hall–Kier alpha value is -1.55. The minimum atomic E-state index is -0.862. The van der Waals surface area contributed by atoms with Crippen molar-refractivity contribution >= 4 is 11.7 Å². The van der Waals surface area contributed by atoms with Crippen molar-refractivity contribution < 1.29 is 9.90 Å². The van der Waals surface area contributed by atoms with Gasteiger partial charge in [-0.2, -0.15) is 0 Å². The first-order chi connectivity index (χ1) is 8.58. The molecule has 1 heterocycles. The number of carboxylic acids is 1. The van der Waals surface area contributed by atoms with Gasteiger partial charge in [0.1, 0.15) is 0 Å². The Morgan fingerprint density at radius 1 is 1.39 bits per heavy atom. The van der Waals surface area contributed by atoms with E-state index in [-0.39, 0.29) is 0 Å². The third-order valence-corrected chi connectivity index (χ3v) is 3.64. The second-order valence-electron chi connectivity index (χ2n) is 5.01. The van der Waals surface area contributed by atoms with E-state index in [9.17, 15) is 4.79 Å². The van der Waals surface area contributed by atoms with Crippen LogP contribution in [0.25, 0.3) is 0 Å². The Bertz CT molecular complexity index is 437. The van der Waals surface area contributed by atoms with E-state index in [0.717, 1.165) is 37.2 Å². The molecule has 4 nitrogen and oxygen atoms in total. The SMILES string of the molecule is Cc1c(NC2CCN(C)CC2)cccc1C(=O)O. The molecule has 1 aliphatic heterocycles. The summed E-state index contributed by atoms with van der Waals surface area (Å²) in [5, 5.41) is 12.6. The van der Waals surface area contributed by atoms with E-state index in [1.807, 2.05) is 13.0 Å². The molecule has 98 valence electrons. The molecular formula is C14H20N2O2. The zero-order chi connectivity index (χ0) is 13.1. The second-order valence-corrected chi connectivity index (χ2v) is 5.01. The van der Waals surface area contributed by atoms with Gasteiger partial charge in [0, 0.05) is 11.7 Å². The molecule has 0 amide bonds. The van der Waals surface area contributed by atoms with Gasteiger partial charge in [-0.25, -0.2) is 4.79 Å². The summed E-state index contributed by atoms with van der Waals surface area (Å²) < 4.78 is 0. The highest BCUT2D eigenvalue weighted by Gasteiger charge is 2.18. The summed E-state index contributed by atoms with van der Waals surface area (Å²) in [6.45, 7) is 4.05. The highest BCUT2D eigenvalue weighted by molar-refractivity contribution is 5.91. The van der Waals surface area contributed by atoms with Crippen molar-refractivity contribution in [3.8, 4) is 0 Å². The predicted octanol–water partition coefficient (Wildman–Crippen LogP) is 2.20. The number of hydrogen-bond acceptors (Lipinski definition) is 3. The van der Waals surface area contributed by atoms with Crippen molar-refractivity contribution in [3.05, 3.63) is 29.3 Å². The number of carboxylic acid groups (broad SMARTS) is 1. The molecule has 0 aliphatic carbocycles. The Morgan fingerprint density at radius 2 is 2.06 bits per heavy atom. The molecule has 2 rings (SSSR count). The molecule has 1 fully saturated rings. The number of rotatable bonds is 3. The normalized spacial score (nSPS) is 17.7. The fourth-order valence-electron chi connectivity index (χ4n) is 2.40. The summed E-state index contributed by atoms with van der Waals surface area (Å²) in [4.78, 5) is 13.4. The quantitative estimate of drug-likeness (QED) is 0.861. The molecule has 1 saturated heterocycles. The minimum absolute atomic E-state index is 0.382. The van der Waals surface area contributed by atoms with Crippen molar-refractivity contribution in [2.45, 2.75) is 25.8 Å². The molecule has 0 bridgehead atoms. The third kappa shape index (κ3) is 2.82. The highest BCUT2D eigenvalue weighted by atomic mass is 16.4. The van der Waals surface area contributed by atoms with E-state index in [2.05, 4.69) is 17.3 Å². The Kier molecular flexibility index (Phi) is 3.87. The number of anilines is 1. The van der Waals surface area contributed by atoms with Crippen LogP contribution in [-0.4, -0.2) is 42.2 Å². The lowest BCUT2D eigenvalue weighted by atomic mass is 10.0. The largest absolute Gasteiger partial charge is 0.478 e. The van der Waals surface area contributed by atoms with Crippen LogP contribution in [0.2, 0.25) is 0 Å². The number of benzene rings is 1. The lowest BCUT2D eigenvalue weighted by molar-refractivity contribution is 0.0696. The van der Waals surface area contributed by atoms with E-state index in [4.69, 9.17) is 5.11 Å². The van der Waals surface area contributed by atoms with E-state index in [1.165, 1.54) is 0 Å². The first-order valence-electron chi connectivity index (χ1n) is 6.36. The summed E-state index contributed by atoms with van der Waals surface area (Å²) in [7, 11) is 2.13. The smallest absolute Gasteiger partial charge is 0.336 e. The maximum atomic E-state index is 11.1. The molecule has 1 aromatic carbocycles. The maximum Gasteiger partial charge on any atom is 0.336 e.